The van der Waals surface area contributed by atoms with Gasteiger partial charge >= 0.3 is 0 Å². The van der Waals surface area contributed by atoms with E-state index in [0.717, 1.165) is 5.56 Å². The van der Waals surface area contributed by atoms with Gasteiger partial charge in [0.25, 0.3) is 5.91 Å². The standard InChI is InChI=1S/C20H23FN2O4S/c1-15-3-6-17(13-19(15)28(25,26)23-9-11-27-12-10-23)20(24)22(2)14-16-4-7-18(21)8-5-16/h3-8,13H,9-12,14H2,1-2H3. The summed E-state index contributed by atoms with van der Waals surface area (Å²) in [7, 11) is -2.07. The van der Waals surface area contributed by atoms with Gasteiger partial charge in [0, 0.05) is 32.2 Å². The Hall–Kier alpha value is -2.29. The Morgan fingerprint density at radius 1 is 1.14 bits per heavy atom. The lowest BCUT2D eigenvalue weighted by Gasteiger charge is -2.27. The summed E-state index contributed by atoms with van der Waals surface area (Å²) in [6, 6.07) is 10.6. The molecule has 6 nitrogen and oxygen atoms in total. The normalized spacial score (nSPS) is 15.4. The number of aryl methyl sites for hydroxylation is 1. The van der Waals surface area contributed by atoms with Crippen LogP contribution in [0.4, 0.5) is 4.39 Å². The number of amides is 1. The molecule has 1 aliphatic heterocycles. The maximum atomic E-state index is 13.0. The van der Waals surface area contributed by atoms with Gasteiger partial charge < -0.3 is 9.64 Å². The summed E-state index contributed by atoms with van der Waals surface area (Å²) in [5.41, 5.74) is 1.66. The van der Waals surface area contributed by atoms with Crippen molar-refractivity contribution in [3.63, 3.8) is 0 Å². The Balaban J connectivity index is 1.83. The van der Waals surface area contributed by atoms with Crippen molar-refractivity contribution >= 4 is 15.9 Å². The second-order valence-electron chi connectivity index (χ2n) is 6.78. The van der Waals surface area contributed by atoms with E-state index in [4.69, 9.17) is 4.74 Å². The number of nitrogens with zero attached hydrogens (tertiary/aromatic N) is 2. The largest absolute Gasteiger partial charge is 0.379 e. The van der Waals surface area contributed by atoms with Gasteiger partial charge in [-0.1, -0.05) is 18.2 Å². The van der Waals surface area contributed by atoms with E-state index in [1.807, 2.05) is 0 Å². The van der Waals surface area contributed by atoms with Crippen LogP contribution in [0.25, 0.3) is 0 Å². The number of sulfonamides is 1. The maximum absolute atomic E-state index is 13.0. The quantitative estimate of drug-likeness (QED) is 0.765. The zero-order chi connectivity index (χ0) is 20.3. The molecule has 2 aromatic carbocycles. The minimum Gasteiger partial charge on any atom is -0.379 e. The number of hydrogen-bond donors (Lipinski definition) is 0. The van der Waals surface area contributed by atoms with E-state index < -0.39 is 10.0 Å². The highest BCUT2D eigenvalue weighted by atomic mass is 32.2. The second-order valence-corrected chi connectivity index (χ2v) is 8.69. The molecule has 1 saturated heterocycles. The minimum atomic E-state index is -3.70. The first-order chi connectivity index (χ1) is 13.3. The monoisotopic (exact) mass is 406 g/mol. The van der Waals surface area contributed by atoms with Gasteiger partial charge in [-0.15, -0.1) is 0 Å². The Kier molecular flexibility index (Phi) is 6.12. The molecule has 0 aromatic heterocycles. The number of carbonyl (C=O) groups excluding carboxylic acids is 1. The van der Waals surface area contributed by atoms with E-state index in [1.165, 1.54) is 27.4 Å². The lowest BCUT2D eigenvalue weighted by molar-refractivity contribution is 0.0730. The van der Waals surface area contributed by atoms with E-state index in [9.17, 15) is 17.6 Å². The molecule has 1 aliphatic rings. The van der Waals surface area contributed by atoms with Crippen LogP contribution >= 0.6 is 0 Å². The number of carbonyl (C=O) groups is 1. The van der Waals surface area contributed by atoms with Crippen molar-refractivity contribution in [2.45, 2.75) is 18.4 Å². The van der Waals surface area contributed by atoms with Crippen LogP contribution in [-0.4, -0.2) is 56.9 Å². The number of halogens is 1. The predicted molar refractivity (Wildman–Crippen MR) is 103 cm³/mol. The maximum Gasteiger partial charge on any atom is 0.253 e. The third-order valence-electron chi connectivity index (χ3n) is 4.70. The molecule has 3 rings (SSSR count). The van der Waals surface area contributed by atoms with Crippen molar-refractivity contribution in [2.75, 3.05) is 33.4 Å². The molecule has 150 valence electrons. The molecule has 0 atom stereocenters. The first-order valence-corrected chi connectivity index (χ1v) is 10.4. The van der Waals surface area contributed by atoms with E-state index in [-0.39, 0.29) is 16.6 Å². The fourth-order valence-corrected chi connectivity index (χ4v) is 4.75. The Morgan fingerprint density at radius 2 is 1.79 bits per heavy atom. The van der Waals surface area contributed by atoms with Crippen molar-refractivity contribution in [3.8, 4) is 0 Å². The van der Waals surface area contributed by atoms with Crippen LogP contribution in [0.15, 0.2) is 47.4 Å². The highest BCUT2D eigenvalue weighted by molar-refractivity contribution is 7.89. The topological polar surface area (TPSA) is 66.9 Å². The summed E-state index contributed by atoms with van der Waals surface area (Å²) >= 11 is 0. The average molecular weight is 406 g/mol. The molecule has 28 heavy (non-hydrogen) atoms. The molecule has 0 bridgehead atoms. The second kappa shape index (κ2) is 8.38. The van der Waals surface area contributed by atoms with Crippen molar-refractivity contribution in [1.82, 2.24) is 9.21 Å². The number of ether oxygens (including phenoxy) is 1. The molecule has 8 heteroatoms. The molecule has 0 radical (unpaired) electrons. The van der Waals surface area contributed by atoms with Crippen molar-refractivity contribution in [1.29, 1.82) is 0 Å². The highest BCUT2D eigenvalue weighted by Gasteiger charge is 2.28. The van der Waals surface area contributed by atoms with Crippen molar-refractivity contribution in [3.05, 3.63) is 65.0 Å². The van der Waals surface area contributed by atoms with Gasteiger partial charge in [-0.2, -0.15) is 4.31 Å². The Morgan fingerprint density at radius 3 is 2.43 bits per heavy atom. The molecule has 1 amide bonds. The Labute approximate surface area is 164 Å². The van der Waals surface area contributed by atoms with Crippen LogP contribution < -0.4 is 0 Å². The number of benzene rings is 2. The lowest BCUT2D eigenvalue weighted by atomic mass is 10.1. The average Bonchev–Trinajstić information content (AvgIpc) is 2.70. The molecule has 2 aromatic rings. The summed E-state index contributed by atoms with van der Waals surface area (Å²) < 4.78 is 45.6. The lowest BCUT2D eigenvalue weighted by Crippen LogP contribution is -2.41. The number of rotatable bonds is 5. The smallest absolute Gasteiger partial charge is 0.253 e. The Bertz CT molecular complexity index is 955. The summed E-state index contributed by atoms with van der Waals surface area (Å²) in [6.07, 6.45) is 0. The van der Waals surface area contributed by atoms with Gasteiger partial charge in [0.1, 0.15) is 5.82 Å². The van der Waals surface area contributed by atoms with Crippen LogP contribution in [0.2, 0.25) is 0 Å². The fourth-order valence-electron chi connectivity index (χ4n) is 3.09. The summed E-state index contributed by atoms with van der Waals surface area (Å²) in [5, 5.41) is 0. The molecule has 1 heterocycles. The molecule has 0 unspecified atom stereocenters. The minimum absolute atomic E-state index is 0.135. The van der Waals surface area contributed by atoms with Gasteiger partial charge in [0.05, 0.1) is 18.1 Å². The van der Waals surface area contributed by atoms with Crippen molar-refractivity contribution in [2.24, 2.45) is 0 Å². The molecular weight excluding hydrogens is 383 g/mol. The zero-order valence-corrected chi connectivity index (χ0v) is 16.7. The highest BCUT2D eigenvalue weighted by Crippen LogP contribution is 2.23. The third kappa shape index (κ3) is 4.40. The van der Waals surface area contributed by atoms with Gasteiger partial charge in [0.15, 0.2) is 0 Å². The van der Waals surface area contributed by atoms with Crippen LogP contribution in [0.1, 0.15) is 21.5 Å². The van der Waals surface area contributed by atoms with Crippen LogP contribution in [0.5, 0.6) is 0 Å². The van der Waals surface area contributed by atoms with Gasteiger partial charge in [-0.25, -0.2) is 12.8 Å². The third-order valence-corrected chi connectivity index (χ3v) is 6.74. The molecule has 0 spiro atoms. The zero-order valence-electron chi connectivity index (χ0n) is 15.9. The van der Waals surface area contributed by atoms with E-state index in [1.54, 1.807) is 38.2 Å². The fraction of sp³-hybridized carbons (Fsp3) is 0.350. The van der Waals surface area contributed by atoms with E-state index >= 15 is 0 Å². The molecule has 0 N–H and O–H groups in total. The molecule has 0 saturated carbocycles. The van der Waals surface area contributed by atoms with Gasteiger partial charge in [0.2, 0.25) is 10.0 Å². The van der Waals surface area contributed by atoms with E-state index in [0.29, 0.717) is 44.0 Å². The van der Waals surface area contributed by atoms with Crippen molar-refractivity contribution < 1.29 is 22.3 Å². The van der Waals surface area contributed by atoms with Gasteiger partial charge in [-0.3, -0.25) is 4.79 Å². The first-order valence-electron chi connectivity index (χ1n) is 8.97. The summed E-state index contributed by atoms with van der Waals surface area (Å²) in [6.45, 7) is 3.31. The van der Waals surface area contributed by atoms with Crippen LogP contribution in [0.3, 0.4) is 0 Å². The van der Waals surface area contributed by atoms with Crippen LogP contribution in [-0.2, 0) is 21.3 Å². The van der Waals surface area contributed by atoms with Gasteiger partial charge in [-0.05, 0) is 42.3 Å². The SMILES string of the molecule is Cc1ccc(C(=O)N(C)Cc2ccc(F)cc2)cc1S(=O)(=O)N1CCOCC1. The molecule has 1 fully saturated rings. The number of hydrogen-bond acceptors (Lipinski definition) is 4. The molecule has 0 aliphatic carbocycles. The predicted octanol–water partition coefficient (Wildman–Crippen LogP) is 2.43. The summed E-state index contributed by atoms with van der Waals surface area (Å²) in [5.74, 6) is -0.642. The number of morpholine rings is 1. The summed E-state index contributed by atoms with van der Waals surface area (Å²) in [4.78, 5) is 14.4. The first kappa shape index (κ1) is 20.4. The van der Waals surface area contributed by atoms with E-state index in [2.05, 4.69) is 0 Å². The van der Waals surface area contributed by atoms with Crippen LogP contribution in [0, 0.1) is 12.7 Å². The molecular formula is C20H23FN2O4S.